The van der Waals surface area contributed by atoms with Gasteiger partial charge in [-0.05, 0) is 49.7 Å². The van der Waals surface area contributed by atoms with E-state index in [0.717, 1.165) is 19.4 Å². The Hall–Kier alpha value is -1.74. The molecular weight excluding hydrogens is 392 g/mol. The summed E-state index contributed by atoms with van der Waals surface area (Å²) in [6.07, 6.45) is 5.04. The van der Waals surface area contributed by atoms with Gasteiger partial charge in [0.05, 0.1) is 23.4 Å². The summed E-state index contributed by atoms with van der Waals surface area (Å²) in [7, 11) is 0. The van der Waals surface area contributed by atoms with Crippen molar-refractivity contribution < 1.29 is 9.63 Å². The van der Waals surface area contributed by atoms with E-state index in [4.69, 9.17) is 28.7 Å². The van der Waals surface area contributed by atoms with Gasteiger partial charge in [-0.3, -0.25) is 9.63 Å². The minimum atomic E-state index is -0.260. The molecule has 2 aliphatic heterocycles. The number of aromatic nitrogens is 1. The van der Waals surface area contributed by atoms with E-state index < -0.39 is 0 Å². The summed E-state index contributed by atoms with van der Waals surface area (Å²) in [4.78, 5) is 24.2. The zero-order chi connectivity index (χ0) is 18.1. The molecule has 136 valence electrons. The largest absolute Gasteiger partial charge is 0.342 e. The SMILES string of the molecule is O=C(Nc1ccc(N2OCC3CCCCN3C2=S)c(Cl)c1)c1nccs1. The fraction of sp³-hybridized carbons (Fsp3) is 0.353. The zero-order valence-electron chi connectivity index (χ0n) is 13.9. The molecule has 2 fully saturated rings. The molecule has 26 heavy (non-hydrogen) atoms. The van der Waals surface area contributed by atoms with Crippen LogP contribution in [0, 0.1) is 0 Å². The van der Waals surface area contributed by atoms with Crippen molar-refractivity contribution in [3.8, 4) is 0 Å². The third-order valence-corrected chi connectivity index (χ3v) is 5.97. The van der Waals surface area contributed by atoms with E-state index in [1.54, 1.807) is 34.8 Å². The van der Waals surface area contributed by atoms with Crippen molar-refractivity contribution in [2.75, 3.05) is 23.5 Å². The van der Waals surface area contributed by atoms with E-state index in [9.17, 15) is 4.79 Å². The van der Waals surface area contributed by atoms with Gasteiger partial charge in [-0.1, -0.05) is 11.6 Å². The van der Waals surface area contributed by atoms with Gasteiger partial charge in [0.2, 0.25) is 5.11 Å². The predicted octanol–water partition coefficient (Wildman–Crippen LogP) is 3.94. The quantitative estimate of drug-likeness (QED) is 0.776. The Bertz CT molecular complexity index is 830. The Kier molecular flexibility index (Phi) is 5.08. The number of carbonyl (C=O) groups is 1. The lowest BCUT2D eigenvalue weighted by atomic mass is 10.0. The van der Waals surface area contributed by atoms with E-state index in [2.05, 4.69) is 15.2 Å². The molecule has 1 atom stereocenters. The second kappa shape index (κ2) is 7.48. The number of thiocarbonyl (C=S) groups is 1. The van der Waals surface area contributed by atoms with Gasteiger partial charge in [0.15, 0.2) is 5.01 Å². The minimum Gasteiger partial charge on any atom is -0.342 e. The van der Waals surface area contributed by atoms with Crippen LogP contribution in [0.1, 0.15) is 29.1 Å². The Morgan fingerprint density at radius 1 is 1.42 bits per heavy atom. The third kappa shape index (κ3) is 3.42. The molecule has 0 aliphatic carbocycles. The van der Waals surface area contributed by atoms with Crippen molar-refractivity contribution in [1.29, 1.82) is 0 Å². The number of nitrogens with one attached hydrogen (secondary N) is 1. The smallest absolute Gasteiger partial charge is 0.284 e. The van der Waals surface area contributed by atoms with Crippen LogP contribution in [0.3, 0.4) is 0 Å². The molecule has 4 rings (SSSR count). The summed E-state index contributed by atoms with van der Waals surface area (Å²) in [5.74, 6) is -0.260. The van der Waals surface area contributed by atoms with E-state index >= 15 is 0 Å². The number of benzene rings is 1. The zero-order valence-corrected chi connectivity index (χ0v) is 16.2. The highest BCUT2D eigenvalue weighted by Crippen LogP contribution is 2.33. The molecule has 0 radical (unpaired) electrons. The summed E-state index contributed by atoms with van der Waals surface area (Å²) in [5, 5.41) is 7.67. The summed E-state index contributed by atoms with van der Waals surface area (Å²) < 4.78 is 0. The lowest BCUT2D eigenvalue weighted by molar-refractivity contribution is 0.0376. The summed E-state index contributed by atoms with van der Waals surface area (Å²) in [5.41, 5.74) is 1.27. The molecule has 0 saturated carbocycles. The molecule has 1 aromatic heterocycles. The van der Waals surface area contributed by atoms with Gasteiger partial charge in [0.25, 0.3) is 5.91 Å². The van der Waals surface area contributed by atoms with Gasteiger partial charge >= 0.3 is 0 Å². The first-order valence-electron chi connectivity index (χ1n) is 8.37. The molecule has 1 amide bonds. The number of halogens is 1. The van der Waals surface area contributed by atoms with Gasteiger partial charge in [-0.2, -0.15) is 5.06 Å². The maximum absolute atomic E-state index is 12.1. The monoisotopic (exact) mass is 408 g/mol. The van der Waals surface area contributed by atoms with E-state index in [1.165, 1.54) is 17.8 Å². The first kappa shape index (κ1) is 17.7. The number of anilines is 2. The van der Waals surface area contributed by atoms with Crippen molar-refractivity contribution >= 4 is 57.5 Å². The second-order valence-electron chi connectivity index (χ2n) is 6.17. The van der Waals surface area contributed by atoms with Gasteiger partial charge in [0.1, 0.15) is 0 Å². The summed E-state index contributed by atoms with van der Waals surface area (Å²) in [6.45, 7) is 1.54. The van der Waals surface area contributed by atoms with Crippen LogP contribution in [0.4, 0.5) is 11.4 Å². The number of carbonyl (C=O) groups excluding carboxylic acids is 1. The number of hydrogen-bond acceptors (Lipinski definition) is 5. The van der Waals surface area contributed by atoms with E-state index in [0.29, 0.717) is 39.2 Å². The normalized spacial score (nSPS) is 20.0. The maximum atomic E-state index is 12.1. The van der Waals surface area contributed by atoms with Gasteiger partial charge in [-0.25, -0.2) is 4.98 Å². The number of hydrogen-bond donors (Lipinski definition) is 1. The van der Waals surface area contributed by atoms with E-state index in [-0.39, 0.29) is 5.91 Å². The Balaban J connectivity index is 1.51. The van der Waals surface area contributed by atoms with Crippen LogP contribution >= 0.6 is 35.2 Å². The van der Waals surface area contributed by atoms with Crippen molar-refractivity contribution in [1.82, 2.24) is 9.88 Å². The van der Waals surface area contributed by atoms with Gasteiger partial charge in [-0.15, -0.1) is 11.3 Å². The molecule has 3 heterocycles. The summed E-state index contributed by atoms with van der Waals surface area (Å²) >= 11 is 13.3. The average Bonchev–Trinajstić information content (AvgIpc) is 3.18. The highest BCUT2D eigenvalue weighted by molar-refractivity contribution is 7.80. The van der Waals surface area contributed by atoms with Crippen LogP contribution in [-0.4, -0.2) is 40.1 Å². The number of rotatable bonds is 3. The molecule has 6 nitrogen and oxygen atoms in total. The molecular formula is C17H17ClN4O2S2. The van der Waals surface area contributed by atoms with Crippen LogP contribution < -0.4 is 10.4 Å². The van der Waals surface area contributed by atoms with Crippen molar-refractivity contribution in [3.05, 3.63) is 39.8 Å². The standard InChI is InChI=1S/C17H17ClN4O2S2/c18-13-9-11(20-15(23)16-19-6-8-26-16)4-5-14(13)22-17(25)21-7-2-1-3-12(21)10-24-22/h4-6,8-9,12H,1-3,7,10H2,(H,20,23). The number of piperidine rings is 1. The molecule has 1 unspecified atom stereocenters. The molecule has 0 bridgehead atoms. The highest BCUT2D eigenvalue weighted by atomic mass is 35.5. The molecule has 2 saturated heterocycles. The number of hydroxylamine groups is 1. The maximum Gasteiger partial charge on any atom is 0.284 e. The van der Waals surface area contributed by atoms with Crippen LogP contribution in [0.5, 0.6) is 0 Å². The Labute approximate surface area is 165 Å². The van der Waals surface area contributed by atoms with Crippen molar-refractivity contribution in [2.45, 2.75) is 25.3 Å². The van der Waals surface area contributed by atoms with E-state index in [1.807, 2.05) is 0 Å². The molecule has 1 N–H and O–H groups in total. The third-order valence-electron chi connectivity index (χ3n) is 4.49. The fourth-order valence-electron chi connectivity index (χ4n) is 3.20. The first-order valence-corrected chi connectivity index (χ1v) is 10.0. The number of fused-ring (bicyclic) bond motifs is 1. The lowest BCUT2D eigenvalue weighted by Gasteiger charge is -2.45. The number of thiazole rings is 1. The second-order valence-corrected chi connectivity index (χ2v) is 7.84. The van der Waals surface area contributed by atoms with Crippen LogP contribution in [-0.2, 0) is 4.84 Å². The van der Waals surface area contributed by atoms with Crippen molar-refractivity contribution in [3.63, 3.8) is 0 Å². The molecule has 2 aromatic rings. The van der Waals surface area contributed by atoms with Gasteiger partial charge < -0.3 is 10.2 Å². The fourth-order valence-corrected chi connectivity index (χ4v) is 4.38. The van der Waals surface area contributed by atoms with Crippen LogP contribution in [0.25, 0.3) is 0 Å². The highest BCUT2D eigenvalue weighted by Gasteiger charge is 2.34. The molecule has 9 heteroatoms. The Morgan fingerprint density at radius 3 is 3.08 bits per heavy atom. The number of nitrogens with zero attached hydrogens (tertiary/aromatic N) is 3. The van der Waals surface area contributed by atoms with Crippen LogP contribution in [0.15, 0.2) is 29.8 Å². The summed E-state index contributed by atoms with van der Waals surface area (Å²) in [6, 6.07) is 5.62. The minimum absolute atomic E-state index is 0.260. The average molecular weight is 409 g/mol. The topological polar surface area (TPSA) is 57.7 Å². The first-order chi connectivity index (χ1) is 12.6. The van der Waals surface area contributed by atoms with Crippen LogP contribution in [0.2, 0.25) is 5.02 Å². The predicted molar refractivity (Wildman–Crippen MR) is 107 cm³/mol. The molecule has 1 aromatic carbocycles. The lowest BCUT2D eigenvalue weighted by Crippen LogP contribution is -2.57. The molecule has 0 spiro atoms. The van der Waals surface area contributed by atoms with Gasteiger partial charge in [0, 0.05) is 23.8 Å². The molecule has 2 aliphatic rings. The van der Waals surface area contributed by atoms with Crippen molar-refractivity contribution in [2.24, 2.45) is 0 Å². The Morgan fingerprint density at radius 2 is 2.31 bits per heavy atom. The number of amides is 1.